The summed E-state index contributed by atoms with van der Waals surface area (Å²) in [6.07, 6.45) is 2.96. The van der Waals surface area contributed by atoms with Crippen LogP contribution in [-0.2, 0) is 6.42 Å². The van der Waals surface area contributed by atoms with E-state index in [-0.39, 0.29) is 0 Å². The standard InChI is InChI=1S/C19H19Cl3N2/c1-11-16(21)8-7-14-13(4-2-3-9-23)19(24-18(11)14)15-6-5-12(20)10-17(15)22/h5-8,10,24H,2-4,9,23H2,1H3. The number of fused-ring (bicyclic) bond motifs is 1. The van der Waals surface area contributed by atoms with E-state index in [1.54, 1.807) is 6.07 Å². The van der Waals surface area contributed by atoms with Crippen LogP contribution >= 0.6 is 34.8 Å². The molecule has 24 heavy (non-hydrogen) atoms. The SMILES string of the molecule is Cc1c(Cl)ccc2c(CCCCN)c(-c3ccc(Cl)cc3Cl)[nH]c12. The van der Waals surface area contributed by atoms with Crippen molar-refractivity contribution >= 4 is 45.7 Å². The van der Waals surface area contributed by atoms with Crippen molar-refractivity contribution in [1.82, 2.24) is 4.98 Å². The van der Waals surface area contributed by atoms with E-state index < -0.39 is 0 Å². The molecule has 0 spiro atoms. The van der Waals surface area contributed by atoms with Crippen LogP contribution in [0.5, 0.6) is 0 Å². The van der Waals surface area contributed by atoms with Crippen molar-refractivity contribution in [3.63, 3.8) is 0 Å². The van der Waals surface area contributed by atoms with E-state index >= 15 is 0 Å². The van der Waals surface area contributed by atoms with Gasteiger partial charge in [0.25, 0.3) is 0 Å². The predicted molar refractivity (Wildman–Crippen MR) is 105 cm³/mol. The molecule has 2 nitrogen and oxygen atoms in total. The average Bonchev–Trinajstić information content (AvgIpc) is 2.91. The van der Waals surface area contributed by atoms with Gasteiger partial charge in [-0.05, 0) is 68.1 Å². The highest BCUT2D eigenvalue weighted by atomic mass is 35.5. The summed E-state index contributed by atoms with van der Waals surface area (Å²) >= 11 is 18.8. The minimum atomic E-state index is 0.628. The fraction of sp³-hybridized carbons (Fsp3) is 0.263. The highest BCUT2D eigenvalue weighted by molar-refractivity contribution is 6.36. The minimum absolute atomic E-state index is 0.628. The Morgan fingerprint density at radius 3 is 2.50 bits per heavy atom. The Morgan fingerprint density at radius 1 is 1.00 bits per heavy atom. The lowest BCUT2D eigenvalue weighted by molar-refractivity contribution is 0.748. The molecule has 0 unspecified atom stereocenters. The largest absolute Gasteiger partial charge is 0.354 e. The molecule has 0 bridgehead atoms. The van der Waals surface area contributed by atoms with Crippen LogP contribution in [0, 0.1) is 6.92 Å². The topological polar surface area (TPSA) is 41.8 Å². The van der Waals surface area contributed by atoms with Gasteiger partial charge in [-0.2, -0.15) is 0 Å². The minimum Gasteiger partial charge on any atom is -0.354 e. The number of rotatable bonds is 5. The first-order chi connectivity index (χ1) is 11.5. The van der Waals surface area contributed by atoms with Gasteiger partial charge in [0.1, 0.15) is 0 Å². The number of hydrogen-bond acceptors (Lipinski definition) is 1. The van der Waals surface area contributed by atoms with Crippen molar-refractivity contribution in [2.24, 2.45) is 5.73 Å². The van der Waals surface area contributed by atoms with Crippen molar-refractivity contribution in [1.29, 1.82) is 0 Å². The van der Waals surface area contributed by atoms with Gasteiger partial charge in [0.15, 0.2) is 0 Å². The highest BCUT2D eigenvalue weighted by Gasteiger charge is 2.17. The molecule has 0 aliphatic heterocycles. The summed E-state index contributed by atoms with van der Waals surface area (Å²) in [6, 6.07) is 9.61. The quantitative estimate of drug-likeness (QED) is 0.494. The molecule has 0 atom stereocenters. The molecule has 0 saturated carbocycles. The summed E-state index contributed by atoms with van der Waals surface area (Å²) in [6.45, 7) is 2.72. The van der Waals surface area contributed by atoms with E-state index in [1.165, 1.54) is 10.9 Å². The summed E-state index contributed by atoms with van der Waals surface area (Å²) in [5.74, 6) is 0. The smallest absolute Gasteiger partial charge is 0.0514 e. The number of aryl methyl sites for hydroxylation is 2. The zero-order chi connectivity index (χ0) is 17.3. The third-order valence-corrected chi connectivity index (χ3v) is 5.31. The number of aromatic nitrogens is 1. The van der Waals surface area contributed by atoms with Crippen LogP contribution < -0.4 is 5.73 Å². The zero-order valence-electron chi connectivity index (χ0n) is 13.4. The predicted octanol–water partition coefficient (Wildman–Crippen LogP) is 6.38. The summed E-state index contributed by atoms with van der Waals surface area (Å²) in [7, 11) is 0. The van der Waals surface area contributed by atoms with Crippen LogP contribution in [0.1, 0.15) is 24.0 Å². The molecule has 1 heterocycles. The number of benzene rings is 2. The maximum absolute atomic E-state index is 6.45. The lowest BCUT2D eigenvalue weighted by Crippen LogP contribution is -1.99. The van der Waals surface area contributed by atoms with E-state index in [1.807, 2.05) is 25.1 Å². The normalized spacial score (nSPS) is 11.4. The van der Waals surface area contributed by atoms with Crippen LogP contribution in [0.2, 0.25) is 15.1 Å². The van der Waals surface area contributed by atoms with Gasteiger partial charge in [-0.3, -0.25) is 0 Å². The number of hydrogen-bond donors (Lipinski definition) is 2. The van der Waals surface area contributed by atoms with Crippen LogP contribution in [0.25, 0.3) is 22.2 Å². The summed E-state index contributed by atoms with van der Waals surface area (Å²) in [5.41, 5.74) is 11.0. The van der Waals surface area contributed by atoms with E-state index in [4.69, 9.17) is 40.5 Å². The van der Waals surface area contributed by atoms with Gasteiger partial charge in [0, 0.05) is 21.0 Å². The van der Waals surface area contributed by atoms with E-state index in [0.717, 1.165) is 46.6 Å². The Morgan fingerprint density at radius 2 is 1.79 bits per heavy atom. The molecule has 2 aromatic carbocycles. The number of H-pyrrole nitrogens is 1. The van der Waals surface area contributed by atoms with Crippen LogP contribution in [-0.4, -0.2) is 11.5 Å². The molecule has 0 saturated heterocycles. The van der Waals surface area contributed by atoms with Crippen LogP contribution in [0.15, 0.2) is 30.3 Å². The average molecular weight is 382 g/mol. The first-order valence-corrected chi connectivity index (χ1v) is 9.11. The van der Waals surface area contributed by atoms with Crippen LogP contribution in [0.3, 0.4) is 0 Å². The molecule has 126 valence electrons. The number of aromatic amines is 1. The Kier molecular flexibility index (Phi) is 5.41. The molecule has 0 fully saturated rings. The second kappa shape index (κ2) is 7.37. The maximum Gasteiger partial charge on any atom is 0.0514 e. The summed E-state index contributed by atoms with van der Waals surface area (Å²) in [5, 5.41) is 3.21. The third kappa shape index (κ3) is 3.29. The molecule has 0 aliphatic rings. The summed E-state index contributed by atoms with van der Waals surface area (Å²) in [4.78, 5) is 3.53. The Labute approximate surface area is 156 Å². The maximum atomic E-state index is 6.45. The fourth-order valence-corrected chi connectivity index (χ4v) is 3.72. The highest BCUT2D eigenvalue weighted by Crippen LogP contribution is 2.38. The van der Waals surface area contributed by atoms with Crippen molar-refractivity contribution in [2.75, 3.05) is 6.54 Å². The molecule has 3 rings (SSSR count). The lowest BCUT2D eigenvalue weighted by Gasteiger charge is -2.07. The van der Waals surface area contributed by atoms with Crippen molar-refractivity contribution in [2.45, 2.75) is 26.2 Å². The second-order valence-electron chi connectivity index (χ2n) is 5.94. The molecular weight excluding hydrogens is 363 g/mol. The van der Waals surface area contributed by atoms with E-state index in [0.29, 0.717) is 16.6 Å². The number of nitrogens with two attached hydrogens (primary N) is 1. The van der Waals surface area contributed by atoms with E-state index in [9.17, 15) is 0 Å². The Hall–Kier alpha value is -1.19. The van der Waals surface area contributed by atoms with Gasteiger partial charge < -0.3 is 10.7 Å². The van der Waals surface area contributed by atoms with Gasteiger partial charge in [0.05, 0.1) is 16.2 Å². The first kappa shape index (κ1) is 17.6. The molecule has 0 radical (unpaired) electrons. The van der Waals surface area contributed by atoms with Crippen molar-refractivity contribution in [3.05, 3.63) is 56.5 Å². The number of halogens is 3. The molecule has 0 amide bonds. The number of unbranched alkanes of at least 4 members (excludes halogenated alkanes) is 1. The molecular formula is C19H19Cl3N2. The fourth-order valence-electron chi connectivity index (χ4n) is 3.06. The van der Waals surface area contributed by atoms with Crippen molar-refractivity contribution < 1.29 is 0 Å². The molecule has 0 aliphatic carbocycles. The Balaban J connectivity index is 2.21. The van der Waals surface area contributed by atoms with Gasteiger partial charge in [-0.1, -0.05) is 40.9 Å². The van der Waals surface area contributed by atoms with Gasteiger partial charge in [0.2, 0.25) is 0 Å². The molecule has 5 heteroatoms. The first-order valence-electron chi connectivity index (χ1n) is 7.98. The molecule has 3 aromatic rings. The summed E-state index contributed by atoms with van der Waals surface area (Å²) < 4.78 is 0. The van der Waals surface area contributed by atoms with Gasteiger partial charge in [-0.15, -0.1) is 0 Å². The third-order valence-electron chi connectivity index (χ3n) is 4.36. The molecule has 3 N–H and O–H groups in total. The van der Waals surface area contributed by atoms with Gasteiger partial charge in [-0.25, -0.2) is 0 Å². The monoisotopic (exact) mass is 380 g/mol. The lowest BCUT2D eigenvalue weighted by atomic mass is 9.99. The van der Waals surface area contributed by atoms with E-state index in [2.05, 4.69) is 11.1 Å². The molecule has 1 aromatic heterocycles. The van der Waals surface area contributed by atoms with Gasteiger partial charge >= 0.3 is 0 Å². The zero-order valence-corrected chi connectivity index (χ0v) is 15.7. The number of nitrogens with one attached hydrogen (secondary N) is 1. The second-order valence-corrected chi connectivity index (χ2v) is 7.19. The Bertz CT molecular complexity index is 884. The van der Waals surface area contributed by atoms with Crippen molar-refractivity contribution in [3.8, 4) is 11.3 Å². The van der Waals surface area contributed by atoms with Crippen LogP contribution in [0.4, 0.5) is 0 Å².